The van der Waals surface area contributed by atoms with Crippen LogP contribution in [0.4, 0.5) is 14.7 Å². The summed E-state index contributed by atoms with van der Waals surface area (Å²) in [6, 6.07) is 7.98. The Hall–Kier alpha value is -2.93. The van der Waals surface area contributed by atoms with Crippen LogP contribution in [0.2, 0.25) is 0 Å². The molecule has 0 unspecified atom stereocenters. The van der Waals surface area contributed by atoms with Gasteiger partial charge in [0.1, 0.15) is 11.6 Å². The lowest BCUT2D eigenvalue weighted by Crippen LogP contribution is -2.33. The number of halogens is 2. The molecule has 2 aromatic heterocycles. The van der Waals surface area contributed by atoms with Crippen LogP contribution in [0.5, 0.6) is 0 Å². The van der Waals surface area contributed by atoms with Gasteiger partial charge in [-0.25, -0.2) is 18.7 Å². The fourth-order valence-electron chi connectivity index (χ4n) is 4.03. The van der Waals surface area contributed by atoms with Crippen LogP contribution in [-0.4, -0.2) is 39.0 Å². The van der Waals surface area contributed by atoms with Gasteiger partial charge in [-0.15, -0.1) is 0 Å². The zero-order chi connectivity index (χ0) is 21.8. The van der Waals surface area contributed by atoms with Crippen molar-refractivity contribution in [3.05, 3.63) is 71.8 Å². The molecule has 0 amide bonds. The largest absolute Gasteiger partial charge is 0.352 e. The zero-order valence-electron chi connectivity index (χ0n) is 17.9. The highest BCUT2D eigenvalue weighted by Crippen LogP contribution is 2.34. The Morgan fingerprint density at radius 3 is 2.61 bits per heavy atom. The molecule has 0 aliphatic carbocycles. The molecule has 1 saturated heterocycles. The van der Waals surface area contributed by atoms with Crippen molar-refractivity contribution in [2.24, 2.45) is 0 Å². The van der Waals surface area contributed by atoms with Gasteiger partial charge in [-0.1, -0.05) is 12.1 Å². The van der Waals surface area contributed by atoms with E-state index in [1.807, 2.05) is 24.5 Å². The molecule has 3 aromatic rings. The molecule has 162 valence electrons. The van der Waals surface area contributed by atoms with E-state index in [9.17, 15) is 8.78 Å². The van der Waals surface area contributed by atoms with E-state index < -0.39 is 11.6 Å². The minimum Gasteiger partial charge on any atom is -0.352 e. The fraction of sp³-hybridized carbons (Fsp3) is 0.375. The molecule has 31 heavy (non-hydrogen) atoms. The van der Waals surface area contributed by atoms with Gasteiger partial charge in [0.05, 0.1) is 5.69 Å². The first-order valence-electron chi connectivity index (χ1n) is 10.7. The van der Waals surface area contributed by atoms with E-state index in [4.69, 9.17) is 4.98 Å². The number of hydrogen-bond acceptors (Lipinski definition) is 5. The Balaban J connectivity index is 1.52. The number of aromatic nitrogens is 3. The van der Waals surface area contributed by atoms with Gasteiger partial charge in [0, 0.05) is 59.9 Å². The van der Waals surface area contributed by atoms with Crippen molar-refractivity contribution in [2.45, 2.75) is 45.2 Å². The molecule has 4 rings (SSSR count). The first-order chi connectivity index (χ1) is 15.0. The first kappa shape index (κ1) is 21.3. The molecule has 1 aromatic carbocycles. The summed E-state index contributed by atoms with van der Waals surface area (Å²) in [6.07, 6.45) is 7.29. The van der Waals surface area contributed by atoms with Gasteiger partial charge in [0.15, 0.2) is 0 Å². The summed E-state index contributed by atoms with van der Waals surface area (Å²) < 4.78 is 27.2. The van der Waals surface area contributed by atoms with Crippen LogP contribution >= 0.6 is 0 Å². The maximum absolute atomic E-state index is 14.0. The van der Waals surface area contributed by atoms with E-state index in [0.717, 1.165) is 48.8 Å². The minimum absolute atomic E-state index is 0.240. The number of rotatable bonds is 6. The number of likely N-dealkylation sites (tertiary alicyclic amines) is 1. The number of nitrogens with zero attached hydrogens (tertiary/aromatic N) is 4. The molecule has 1 aliphatic heterocycles. The predicted molar refractivity (Wildman–Crippen MR) is 118 cm³/mol. The third-order valence-corrected chi connectivity index (χ3v) is 5.59. The van der Waals surface area contributed by atoms with Crippen molar-refractivity contribution < 1.29 is 8.78 Å². The topological polar surface area (TPSA) is 53.9 Å². The highest BCUT2D eigenvalue weighted by atomic mass is 19.1. The van der Waals surface area contributed by atoms with Crippen molar-refractivity contribution in [3.8, 4) is 11.1 Å². The monoisotopic (exact) mass is 423 g/mol. The Bertz CT molecular complexity index is 1020. The lowest BCUT2D eigenvalue weighted by atomic mass is 9.89. The average molecular weight is 424 g/mol. The average Bonchev–Trinajstić information content (AvgIpc) is 2.76. The highest BCUT2D eigenvalue weighted by Gasteiger charge is 2.25. The predicted octanol–water partition coefficient (Wildman–Crippen LogP) is 5.02. The van der Waals surface area contributed by atoms with E-state index in [0.29, 0.717) is 18.1 Å². The summed E-state index contributed by atoms with van der Waals surface area (Å²) in [4.78, 5) is 15.8. The highest BCUT2D eigenvalue weighted by molar-refractivity contribution is 5.65. The Kier molecular flexibility index (Phi) is 6.51. The van der Waals surface area contributed by atoms with Crippen LogP contribution in [0.1, 0.15) is 43.9 Å². The van der Waals surface area contributed by atoms with Gasteiger partial charge in [-0.3, -0.25) is 9.88 Å². The molecule has 1 N–H and O–H groups in total. The second kappa shape index (κ2) is 9.47. The molecule has 7 heteroatoms. The van der Waals surface area contributed by atoms with Crippen molar-refractivity contribution in [1.82, 2.24) is 19.9 Å². The Morgan fingerprint density at radius 1 is 1.13 bits per heavy atom. The molecule has 0 bridgehead atoms. The van der Waals surface area contributed by atoms with Crippen molar-refractivity contribution in [3.63, 3.8) is 0 Å². The van der Waals surface area contributed by atoms with E-state index in [2.05, 4.69) is 34.0 Å². The summed E-state index contributed by atoms with van der Waals surface area (Å²) in [5.74, 6) is -0.118. The summed E-state index contributed by atoms with van der Waals surface area (Å²) in [7, 11) is 0. The lowest BCUT2D eigenvalue weighted by Gasteiger charge is -2.32. The third-order valence-electron chi connectivity index (χ3n) is 5.59. The Morgan fingerprint density at radius 2 is 1.94 bits per heavy atom. The standard InChI is InChI=1S/C24H27F2N5/c1-16(2)29-24-28-14-21(18-4-3-9-27-13-18)23(30-24)17-7-10-31(11-8-17)15-19-5-6-20(25)12-22(19)26/h3-6,9,12-14,16-17H,7-8,10-11,15H2,1-2H3,(H,28,29,30). The number of benzene rings is 1. The zero-order valence-corrected chi connectivity index (χ0v) is 17.9. The van der Waals surface area contributed by atoms with Crippen LogP contribution in [0.3, 0.4) is 0 Å². The SMILES string of the molecule is CC(C)Nc1ncc(-c2cccnc2)c(C2CCN(Cc3ccc(F)cc3F)CC2)n1. The fourth-order valence-corrected chi connectivity index (χ4v) is 4.03. The second-order valence-electron chi connectivity index (χ2n) is 8.32. The molecule has 1 aliphatic rings. The number of hydrogen-bond donors (Lipinski definition) is 1. The molecule has 3 heterocycles. The lowest BCUT2D eigenvalue weighted by molar-refractivity contribution is 0.201. The molecule has 0 saturated carbocycles. The van der Waals surface area contributed by atoms with Crippen LogP contribution in [0, 0.1) is 11.6 Å². The van der Waals surface area contributed by atoms with E-state index in [1.165, 1.54) is 12.1 Å². The van der Waals surface area contributed by atoms with E-state index in [1.54, 1.807) is 6.20 Å². The normalized spacial score (nSPS) is 15.4. The van der Waals surface area contributed by atoms with Crippen LogP contribution in [0.15, 0.2) is 48.9 Å². The smallest absolute Gasteiger partial charge is 0.223 e. The number of anilines is 1. The molecular formula is C24H27F2N5. The van der Waals surface area contributed by atoms with Crippen LogP contribution < -0.4 is 5.32 Å². The van der Waals surface area contributed by atoms with Crippen molar-refractivity contribution in [1.29, 1.82) is 0 Å². The molecule has 0 radical (unpaired) electrons. The van der Waals surface area contributed by atoms with Gasteiger partial charge < -0.3 is 5.32 Å². The molecule has 0 atom stereocenters. The number of piperidine rings is 1. The summed E-state index contributed by atoms with van der Waals surface area (Å²) >= 11 is 0. The van der Waals surface area contributed by atoms with E-state index >= 15 is 0 Å². The van der Waals surface area contributed by atoms with E-state index in [-0.39, 0.29) is 12.0 Å². The van der Waals surface area contributed by atoms with Gasteiger partial charge in [0.25, 0.3) is 0 Å². The van der Waals surface area contributed by atoms with Crippen molar-refractivity contribution in [2.75, 3.05) is 18.4 Å². The number of nitrogens with one attached hydrogen (secondary N) is 1. The molecule has 0 spiro atoms. The molecule has 1 fully saturated rings. The number of pyridine rings is 1. The summed E-state index contributed by atoms with van der Waals surface area (Å²) in [5, 5.41) is 3.29. The van der Waals surface area contributed by atoms with Gasteiger partial charge in [0.2, 0.25) is 5.95 Å². The van der Waals surface area contributed by atoms with Crippen molar-refractivity contribution >= 4 is 5.95 Å². The molecular weight excluding hydrogens is 396 g/mol. The molecule has 5 nitrogen and oxygen atoms in total. The Labute approximate surface area is 181 Å². The van der Waals surface area contributed by atoms with Crippen LogP contribution in [-0.2, 0) is 6.54 Å². The van der Waals surface area contributed by atoms with Gasteiger partial charge >= 0.3 is 0 Å². The van der Waals surface area contributed by atoms with Gasteiger partial charge in [-0.05, 0) is 51.9 Å². The maximum atomic E-state index is 14.0. The quantitative estimate of drug-likeness (QED) is 0.604. The second-order valence-corrected chi connectivity index (χ2v) is 8.32. The van der Waals surface area contributed by atoms with Gasteiger partial charge in [-0.2, -0.15) is 0 Å². The maximum Gasteiger partial charge on any atom is 0.223 e. The summed E-state index contributed by atoms with van der Waals surface area (Å²) in [5.41, 5.74) is 3.56. The summed E-state index contributed by atoms with van der Waals surface area (Å²) in [6.45, 7) is 6.25. The third kappa shape index (κ3) is 5.22. The minimum atomic E-state index is -0.544. The first-order valence-corrected chi connectivity index (χ1v) is 10.7. The van der Waals surface area contributed by atoms with Crippen LogP contribution in [0.25, 0.3) is 11.1 Å².